The molecule has 4 rings (SSSR count). The Labute approximate surface area is 144 Å². The van der Waals surface area contributed by atoms with E-state index in [-0.39, 0.29) is 0 Å². The van der Waals surface area contributed by atoms with Gasteiger partial charge in [-0.05, 0) is 60.7 Å². The fraction of sp³-hybridized carbons (Fsp3) is 0.105. The van der Waals surface area contributed by atoms with Crippen LogP contribution < -0.4 is 0 Å². The third-order valence-corrected chi connectivity index (χ3v) is 4.60. The summed E-state index contributed by atoms with van der Waals surface area (Å²) in [5.41, 5.74) is 4.95. The minimum absolute atomic E-state index is 0.757. The second-order valence-electron chi connectivity index (χ2n) is 5.74. The van der Waals surface area contributed by atoms with Gasteiger partial charge in [0.25, 0.3) is 0 Å². The summed E-state index contributed by atoms with van der Waals surface area (Å²) in [4.78, 5) is 5.81. The topological polar surface area (TPSA) is 42.0 Å². The Balaban J connectivity index is 1.86. The number of imidazole rings is 1. The molecule has 0 unspecified atom stereocenters. The smallest absolute Gasteiger partial charge is 0.188 e. The molecule has 0 aliphatic heterocycles. The van der Waals surface area contributed by atoms with Crippen LogP contribution in [0.15, 0.2) is 70.3 Å². The van der Waals surface area contributed by atoms with Crippen molar-refractivity contribution in [2.24, 2.45) is 10.2 Å². The van der Waals surface area contributed by atoms with Gasteiger partial charge in [-0.3, -0.25) is 4.40 Å². The monoisotopic (exact) mass is 332 g/mol. The van der Waals surface area contributed by atoms with Gasteiger partial charge in [0, 0.05) is 6.20 Å². The predicted octanol–water partition coefficient (Wildman–Crippen LogP) is 6.10. The van der Waals surface area contributed by atoms with Crippen molar-refractivity contribution in [2.75, 3.05) is 0 Å². The highest BCUT2D eigenvalue weighted by Crippen LogP contribution is 2.34. The van der Waals surface area contributed by atoms with E-state index in [1.807, 2.05) is 52.4 Å². The Morgan fingerprint density at radius 3 is 2.54 bits per heavy atom. The van der Waals surface area contributed by atoms with E-state index in [2.05, 4.69) is 36.2 Å². The van der Waals surface area contributed by atoms with Crippen LogP contribution in [-0.2, 0) is 0 Å². The van der Waals surface area contributed by atoms with Crippen molar-refractivity contribution in [1.29, 1.82) is 0 Å². The Morgan fingerprint density at radius 2 is 1.79 bits per heavy atom. The van der Waals surface area contributed by atoms with Crippen LogP contribution in [0.25, 0.3) is 16.2 Å². The minimum atomic E-state index is 0.757. The van der Waals surface area contributed by atoms with Gasteiger partial charge in [0.1, 0.15) is 11.3 Å². The van der Waals surface area contributed by atoms with Gasteiger partial charge in [0.15, 0.2) is 5.82 Å². The molecule has 0 aliphatic rings. The summed E-state index contributed by atoms with van der Waals surface area (Å²) < 4.78 is 1.97. The molecule has 24 heavy (non-hydrogen) atoms. The molecule has 4 aromatic rings. The predicted molar refractivity (Wildman–Crippen MR) is 98.6 cm³/mol. The molecule has 0 spiro atoms. The summed E-state index contributed by atoms with van der Waals surface area (Å²) in [6, 6.07) is 16.2. The number of rotatable bonds is 3. The van der Waals surface area contributed by atoms with Crippen LogP contribution in [0, 0.1) is 13.8 Å². The van der Waals surface area contributed by atoms with Crippen molar-refractivity contribution in [3.8, 4) is 10.6 Å². The second kappa shape index (κ2) is 6.02. The Kier molecular flexibility index (Phi) is 3.70. The number of pyridine rings is 1. The number of benzene rings is 1. The fourth-order valence-corrected chi connectivity index (χ4v) is 3.48. The zero-order valence-electron chi connectivity index (χ0n) is 13.5. The molecule has 0 fully saturated rings. The zero-order chi connectivity index (χ0) is 16.5. The van der Waals surface area contributed by atoms with Gasteiger partial charge in [-0.25, -0.2) is 4.98 Å². The Hall–Kier alpha value is -2.79. The van der Waals surface area contributed by atoms with Crippen LogP contribution in [0.1, 0.15) is 11.1 Å². The van der Waals surface area contributed by atoms with E-state index in [0.29, 0.717) is 0 Å². The van der Waals surface area contributed by atoms with Crippen LogP contribution in [0.3, 0.4) is 0 Å². The van der Waals surface area contributed by atoms with Gasteiger partial charge in [0.05, 0.1) is 10.6 Å². The molecule has 0 radical (unpaired) electrons. The maximum atomic E-state index is 4.72. The average molecular weight is 332 g/mol. The van der Waals surface area contributed by atoms with Crippen LogP contribution >= 0.6 is 11.3 Å². The second-order valence-corrected chi connectivity index (χ2v) is 6.68. The number of azo groups is 1. The van der Waals surface area contributed by atoms with E-state index in [4.69, 9.17) is 4.98 Å². The van der Waals surface area contributed by atoms with Crippen LogP contribution in [0.2, 0.25) is 0 Å². The number of fused-ring (bicyclic) bond motifs is 1. The number of aryl methyl sites for hydroxylation is 2. The van der Waals surface area contributed by atoms with E-state index in [0.717, 1.165) is 27.7 Å². The van der Waals surface area contributed by atoms with Crippen LogP contribution in [0.5, 0.6) is 0 Å². The molecule has 4 nitrogen and oxygen atoms in total. The Bertz CT molecular complexity index is 1010. The number of nitrogens with zero attached hydrogens (tertiary/aromatic N) is 4. The quantitative estimate of drug-likeness (QED) is 0.418. The molecule has 0 aliphatic carbocycles. The summed E-state index contributed by atoms with van der Waals surface area (Å²) in [6.07, 6.45) is 1.97. The van der Waals surface area contributed by atoms with Gasteiger partial charge >= 0.3 is 0 Å². The number of hydrogen-bond acceptors (Lipinski definition) is 4. The number of hydrogen-bond donors (Lipinski definition) is 0. The lowest BCUT2D eigenvalue weighted by molar-refractivity contribution is 1.10. The first-order valence-corrected chi connectivity index (χ1v) is 8.60. The molecule has 3 heterocycles. The maximum absolute atomic E-state index is 4.72. The molecule has 0 amide bonds. The SMILES string of the molecule is Cc1cc(C)cc(N=Nc2c(-c3cccs3)nc3ccccn23)c1. The third-order valence-electron chi connectivity index (χ3n) is 3.73. The first-order valence-electron chi connectivity index (χ1n) is 7.72. The molecule has 0 saturated heterocycles. The first kappa shape index (κ1) is 14.8. The summed E-state index contributed by atoms with van der Waals surface area (Å²) >= 11 is 1.65. The van der Waals surface area contributed by atoms with Crippen molar-refractivity contribution in [2.45, 2.75) is 13.8 Å². The van der Waals surface area contributed by atoms with Gasteiger partial charge in [-0.2, -0.15) is 0 Å². The lowest BCUT2D eigenvalue weighted by Gasteiger charge is -2.00. The van der Waals surface area contributed by atoms with Crippen molar-refractivity contribution < 1.29 is 0 Å². The van der Waals surface area contributed by atoms with Gasteiger partial charge in [0.2, 0.25) is 0 Å². The Morgan fingerprint density at radius 1 is 0.958 bits per heavy atom. The summed E-state index contributed by atoms with van der Waals surface area (Å²) in [5, 5.41) is 11.0. The van der Waals surface area contributed by atoms with E-state index in [1.54, 1.807) is 11.3 Å². The van der Waals surface area contributed by atoms with Crippen molar-refractivity contribution in [3.05, 3.63) is 71.2 Å². The minimum Gasteiger partial charge on any atom is -0.283 e. The largest absolute Gasteiger partial charge is 0.283 e. The molecule has 1 aromatic carbocycles. The zero-order valence-corrected chi connectivity index (χ0v) is 14.3. The molecule has 0 atom stereocenters. The number of aromatic nitrogens is 2. The third kappa shape index (κ3) is 2.74. The summed E-state index contributed by atoms with van der Waals surface area (Å²) in [7, 11) is 0. The summed E-state index contributed by atoms with van der Waals surface area (Å²) in [5.74, 6) is 0.757. The van der Waals surface area contributed by atoms with E-state index in [1.165, 1.54) is 11.1 Å². The van der Waals surface area contributed by atoms with Crippen molar-refractivity contribution in [3.63, 3.8) is 0 Å². The van der Waals surface area contributed by atoms with E-state index < -0.39 is 0 Å². The van der Waals surface area contributed by atoms with Crippen molar-refractivity contribution in [1.82, 2.24) is 9.38 Å². The highest BCUT2D eigenvalue weighted by molar-refractivity contribution is 7.13. The van der Waals surface area contributed by atoms with Gasteiger partial charge < -0.3 is 0 Å². The average Bonchev–Trinajstić information content (AvgIpc) is 3.19. The highest BCUT2D eigenvalue weighted by Gasteiger charge is 2.14. The molecular formula is C19H16N4S. The molecule has 3 aromatic heterocycles. The molecule has 5 heteroatoms. The maximum Gasteiger partial charge on any atom is 0.188 e. The van der Waals surface area contributed by atoms with Crippen molar-refractivity contribution >= 4 is 28.5 Å². The fourth-order valence-electron chi connectivity index (χ4n) is 2.77. The molecule has 0 saturated carbocycles. The lowest BCUT2D eigenvalue weighted by Crippen LogP contribution is -1.81. The lowest BCUT2D eigenvalue weighted by atomic mass is 10.1. The standard InChI is InChI=1S/C19H16N4S/c1-13-10-14(2)12-15(11-13)21-22-19-18(16-6-5-9-24-16)20-17-7-3-4-8-23(17)19/h3-12H,1-2H3. The number of thiophene rings is 1. The van der Waals surface area contributed by atoms with E-state index in [9.17, 15) is 0 Å². The molecule has 0 N–H and O–H groups in total. The van der Waals surface area contributed by atoms with Crippen LogP contribution in [0.4, 0.5) is 11.5 Å². The van der Waals surface area contributed by atoms with E-state index >= 15 is 0 Å². The molecule has 118 valence electrons. The molecule has 0 bridgehead atoms. The van der Waals surface area contributed by atoms with Gasteiger partial charge in [-0.1, -0.05) is 18.2 Å². The first-order chi connectivity index (χ1) is 11.7. The van der Waals surface area contributed by atoms with Crippen LogP contribution in [-0.4, -0.2) is 9.38 Å². The highest BCUT2D eigenvalue weighted by atomic mass is 32.1. The summed E-state index contributed by atoms with van der Waals surface area (Å²) in [6.45, 7) is 4.13. The normalized spacial score (nSPS) is 11.6. The molecular weight excluding hydrogens is 316 g/mol. The van der Waals surface area contributed by atoms with Gasteiger partial charge in [-0.15, -0.1) is 21.6 Å².